The van der Waals surface area contributed by atoms with Crippen molar-refractivity contribution < 1.29 is 9.84 Å². The number of β-amino-alcohol motifs (C(OH)–C–C–N with tert-alkyl or cyclic N) is 1. The molecule has 19 heavy (non-hydrogen) atoms. The van der Waals surface area contributed by atoms with Crippen molar-refractivity contribution in [2.75, 3.05) is 39.4 Å². The monoisotopic (exact) mass is 270 g/mol. The summed E-state index contributed by atoms with van der Waals surface area (Å²) in [4.78, 5) is 2.49. The van der Waals surface area contributed by atoms with Gasteiger partial charge in [-0.2, -0.15) is 0 Å². The lowest BCUT2D eigenvalue weighted by Crippen LogP contribution is -2.41. The quantitative estimate of drug-likeness (QED) is 0.648. The molecule has 0 amide bonds. The molecule has 112 valence electrons. The van der Waals surface area contributed by atoms with E-state index < -0.39 is 0 Å². The van der Waals surface area contributed by atoms with Crippen LogP contribution in [0.1, 0.15) is 33.1 Å². The first-order chi connectivity index (χ1) is 9.26. The molecule has 4 nitrogen and oxygen atoms in total. The molecule has 0 bridgehead atoms. The second kappa shape index (κ2) is 7.58. The molecule has 2 N–H and O–H groups in total. The summed E-state index contributed by atoms with van der Waals surface area (Å²) in [5.74, 6) is 1.58. The van der Waals surface area contributed by atoms with Crippen molar-refractivity contribution >= 4 is 0 Å². The molecule has 0 aromatic rings. The minimum Gasteiger partial charge on any atom is -0.389 e. The number of hydrogen-bond acceptors (Lipinski definition) is 4. The molecule has 2 saturated heterocycles. The molecule has 0 saturated carbocycles. The van der Waals surface area contributed by atoms with Crippen LogP contribution in [0.4, 0.5) is 0 Å². The Labute approximate surface area is 117 Å². The number of rotatable bonds is 8. The molecule has 0 spiro atoms. The zero-order valence-electron chi connectivity index (χ0n) is 12.5. The molecule has 2 aliphatic rings. The fraction of sp³-hybridized carbons (Fsp3) is 1.00. The summed E-state index contributed by atoms with van der Waals surface area (Å²) in [7, 11) is 0. The Kier molecular flexibility index (Phi) is 6.07. The largest absolute Gasteiger partial charge is 0.389 e. The summed E-state index contributed by atoms with van der Waals surface area (Å²) in [5.41, 5.74) is 0. The number of fused-ring (bicyclic) bond motifs is 1. The highest BCUT2D eigenvalue weighted by Gasteiger charge is 2.43. The number of hydrogen-bond donors (Lipinski definition) is 2. The third-order valence-corrected chi connectivity index (χ3v) is 4.64. The maximum atomic E-state index is 10.1. The molecule has 2 rings (SSSR count). The van der Waals surface area contributed by atoms with Gasteiger partial charge >= 0.3 is 0 Å². The average molecular weight is 270 g/mol. The number of aliphatic hydroxyl groups is 1. The predicted molar refractivity (Wildman–Crippen MR) is 77.2 cm³/mol. The predicted octanol–water partition coefficient (Wildman–Crippen LogP) is 1.09. The third-order valence-electron chi connectivity index (χ3n) is 4.64. The summed E-state index contributed by atoms with van der Waals surface area (Å²) in [6.07, 6.45) is 3.09. The van der Waals surface area contributed by atoms with Gasteiger partial charge in [0.25, 0.3) is 0 Å². The van der Waals surface area contributed by atoms with E-state index in [4.69, 9.17) is 4.74 Å². The average Bonchev–Trinajstić information content (AvgIpc) is 2.94. The fourth-order valence-electron chi connectivity index (χ4n) is 3.67. The Balaban J connectivity index is 1.72. The van der Waals surface area contributed by atoms with Crippen molar-refractivity contribution in [2.45, 2.75) is 45.3 Å². The Morgan fingerprint density at radius 2 is 2.21 bits per heavy atom. The van der Waals surface area contributed by atoms with Crippen LogP contribution in [0.2, 0.25) is 0 Å². The van der Waals surface area contributed by atoms with Gasteiger partial charge in [0.1, 0.15) is 0 Å². The minimum absolute atomic E-state index is 0.335. The number of ether oxygens (including phenoxy) is 1. The van der Waals surface area contributed by atoms with Crippen molar-refractivity contribution in [3.8, 4) is 0 Å². The normalized spacial score (nSPS) is 32.7. The van der Waals surface area contributed by atoms with Gasteiger partial charge in [-0.25, -0.2) is 0 Å². The molecular formula is C15H30N2O2. The van der Waals surface area contributed by atoms with Gasteiger partial charge in [-0.1, -0.05) is 20.3 Å². The number of nitrogens with zero attached hydrogens (tertiary/aromatic N) is 1. The second-order valence-electron chi connectivity index (χ2n) is 6.09. The summed E-state index contributed by atoms with van der Waals surface area (Å²) in [6.45, 7) is 9.91. The maximum absolute atomic E-state index is 10.1. The van der Waals surface area contributed by atoms with Gasteiger partial charge in [-0.15, -0.1) is 0 Å². The molecule has 0 aromatic carbocycles. The van der Waals surface area contributed by atoms with Crippen LogP contribution in [0.5, 0.6) is 0 Å². The van der Waals surface area contributed by atoms with Crippen molar-refractivity contribution in [3.63, 3.8) is 0 Å². The first-order valence-corrected chi connectivity index (χ1v) is 7.96. The Bertz CT molecular complexity index is 263. The molecule has 2 aliphatic heterocycles. The number of likely N-dealkylation sites (tertiary alicyclic amines) is 1. The lowest BCUT2D eigenvalue weighted by atomic mass is 9.93. The molecule has 4 heteroatoms. The van der Waals surface area contributed by atoms with Crippen LogP contribution >= 0.6 is 0 Å². The number of aliphatic hydroxyl groups excluding tert-OH is 1. The molecule has 0 aliphatic carbocycles. The van der Waals surface area contributed by atoms with E-state index >= 15 is 0 Å². The number of unbranched alkanes of at least 4 members (excludes halogenated alkanes) is 1. The summed E-state index contributed by atoms with van der Waals surface area (Å²) in [6, 6.07) is 0.644. The van der Waals surface area contributed by atoms with E-state index in [0.717, 1.165) is 57.5 Å². The van der Waals surface area contributed by atoms with Crippen LogP contribution in [-0.4, -0.2) is 61.5 Å². The van der Waals surface area contributed by atoms with E-state index in [1.165, 1.54) is 6.42 Å². The van der Waals surface area contributed by atoms with E-state index in [9.17, 15) is 5.11 Å². The smallest absolute Gasteiger partial charge is 0.0900 e. The van der Waals surface area contributed by atoms with E-state index in [0.29, 0.717) is 12.6 Å². The molecular weight excluding hydrogens is 240 g/mol. The van der Waals surface area contributed by atoms with Crippen LogP contribution in [0.3, 0.4) is 0 Å². The first kappa shape index (κ1) is 15.2. The van der Waals surface area contributed by atoms with Gasteiger partial charge in [-0.3, -0.25) is 4.90 Å². The van der Waals surface area contributed by atoms with Gasteiger partial charge < -0.3 is 15.2 Å². The first-order valence-electron chi connectivity index (χ1n) is 7.96. The van der Waals surface area contributed by atoms with Gasteiger partial charge in [0.2, 0.25) is 0 Å². The van der Waals surface area contributed by atoms with Crippen molar-refractivity contribution in [3.05, 3.63) is 0 Å². The van der Waals surface area contributed by atoms with E-state index in [-0.39, 0.29) is 6.10 Å². The highest BCUT2D eigenvalue weighted by molar-refractivity contribution is 4.98. The van der Waals surface area contributed by atoms with Crippen molar-refractivity contribution in [1.29, 1.82) is 0 Å². The van der Waals surface area contributed by atoms with Gasteiger partial charge in [0, 0.05) is 25.7 Å². The fourth-order valence-corrected chi connectivity index (χ4v) is 3.67. The van der Waals surface area contributed by atoms with E-state index in [1.807, 2.05) is 0 Å². The summed E-state index contributed by atoms with van der Waals surface area (Å²) in [5, 5.41) is 13.6. The van der Waals surface area contributed by atoms with Crippen molar-refractivity contribution in [1.82, 2.24) is 10.2 Å². The maximum Gasteiger partial charge on any atom is 0.0900 e. The Hall–Kier alpha value is -0.160. The van der Waals surface area contributed by atoms with Gasteiger partial charge in [0.15, 0.2) is 0 Å². The minimum atomic E-state index is -0.335. The van der Waals surface area contributed by atoms with Crippen LogP contribution in [-0.2, 0) is 4.74 Å². The summed E-state index contributed by atoms with van der Waals surface area (Å²) >= 11 is 0. The van der Waals surface area contributed by atoms with Crippen LogP contribution in [0.25, 0.3) is 0 Å². The summed E-state index contributed by atoms with van der Waals surface area (Å²) < 4.78 is 5.52. The van der Waals surface area contributed by atoms with Crippen LogP contribution in [0, 0.1) is 11.8 Å². The lowest BCUT2D eigenvalue weighted by molar-refractivity contribution is 0.0113. The van der Waals surface area contributed by atoms with Crippen LogP contribution in [0.15, 0.2) is 0 Å². The highest BCUT2D eigenvalue weighted by atomic mass is 16.5. The molecule has 4 atom stereocenters. The standard InChI is InChI=1S/C15H30N2O2/c1-3-5-6-19-11-13(18)10-17-9-12-7-16-8-14(12)15(17)4-2/h12-16,18H,3-11H2,1-2H3. The zero-order chi connectivity index (χ0) is 13.7. The van der Waals surface area contributed by atoms with Gasteiger partial charge in [-0.05, 0) is 37.8 Å². The van der Waals surface area contributed by atoms with E-state index in [2.05, 4.69) is 24.1 Å². The zero-order valence-corrected chi connectivity index (χ0v) is 12.5. The van der Waals surface area contributed by atoms with E-state index in [1.54, 1.807) is 0 Å². The third kappa shape index (κ3) is 3.91. The highest BCUT2D eigenvalue weighted by Crippen LogP contribution is 2.34. The van der Waals surface area contributed by atoms with Crippen molar-refractivity contribution in [2.24, 2.45) is 11.8 Å². The second-order valence-corrected chi connectivity index (χ2v) is 6.09. The lowest BCUT2D eigenvalue weighted by Gasteiger charge is -2.28. The Morgan fingerprint density at radius 1 is 1.37 bits per heavy atom. The van der Waals surface area contributed by atoms with Crippen LogP contribution < -0.4 is 5.32 Å². The molecule has 4 unspecified atom stereocenters. The molecule has 0 radical (unpaired) electrons. The van der Waals surface area contributed by atoms with Gasteiger partial charge in [0.05, 0.1) is 12.7 Å². The molecule has 0 aromatic heterocycles. The molecule has 2 fully saturated rings. The topological polar surface area (TPSA) is 44.7 Å². The Morgan fingerprint density at radius 3 is 2.95 bits per heavy atom. The number of nitrogens with one attached hydrogen (secondary N) is 1. The molecule has 2 heterocycles. The SMILES string of the molecule is CCCCOCC(O)CN1CC2CNCC2C1CC.